The zero-order valence-electron chi connectivity index (χ0n) is 41.1. The van der Waals surface area contributed by atoms with Gasteiger partial charge in [0, 0.05) is 17.9 Å². The van der Waals surface area contributed by atoms with Crippen LogP contribution in [0, 0.1) is 0 Å². The van der Waals surface area contributed by atoms with Crippen LogP contribution in [0.4, 0.5) is 0 Å². The maximum atomic E-state index is 10.2. The zero-order valence-corrected chi connectivity index (χ0v) is 42.7. The van der Waals surface area contributed by atoms with Crippen LogP contribution in [-0.2, 0) is 36.1 Å². The molecule has 0 saturated heterocycles. The first-order valence-corrected chi connectivity index (χ1v) is 25.9. The van der Waals surface area contributed by atoms with Crippen molar-refractivity contribution in [1.82, 2.24) is 0 Å². The van der Waals surface area contributed by atoms with Crippen molar-refractivity contribution in [1.29, 1.82) is 0 Å². The molecule has 0 atom stereocenters. The third-order valence-electron chi connectivity index (χ3n) is 10.9. The fraction of sp³-hybridized carbons (Fsp3) is 0.833. The van der Waals surface area contributed by atoms with E-state index in [1.807, 2.05) is 0 Å². The maximum Gasteiger partial charge on any atom is 3.00 e. The second kappa shape index (κ2) is 65.9. The van der Waals surface area contributed by atoms with Crippen molar-refractivity contribution in [3.63, 3.8) is 0 Å². The summed E-state index contributed by atoms with van der Waals surface area (Å²) in [6, 6.07) is 0. The first-order chi connectivity index (χ1) is 29.3. The smallest absolute Gasteiger partial charge is 0.550 e. The van der Waals surface area contributed by atoms with E-state index in [4.69, 9.17) is 0 Å². The summed E-state index contributed by atoms with van der Waals surface area (Å²) in [6.07, 6.45) is 62.7. The predicted molar refractivity (Wildman–Crippen MR) is 257 cm³/mol. The fourth-order valence-corrected chi connectivity index (χ4v) is 7.02. The van der Waals surface area contributed by atoms with Gasteiger partial charge in [-0.15, -0.1) is 0 Å². The van der Waals surface area contributed by atoms with Gasteiger partial charge in [-0.25, -0.2) is 0 Å². The van der Waals surface area contributed by atoms with E-state index in [0.717, 1.165) is 57.8 Å². The van der Waals surface area contributed by atoms with Gasteiger partial charge in [0.2, 0.25) is 0 Å². The molecular weight excluding hydrogens is 808 g/mol. The molecule has 8 heteroatoms. The monoisotopic (exact) mass is 910 g/mol. The second-order valence-electron chi connectivity index (χ2n) is 17.1. The number of hydrogen-bond donors (Lipinski definition) is 0. The van der Waals surface area contributed by atoms with Gasteiger partial charge in [0.15, 0.2) is 0 Å². The van der Waals surface area contributed by atoms with E-state index in [2.05, 4.69) is 57.2 Å². The van der Waals surface area contributed by atoms with E-state index in [0.29, 0.717) is 0 Å². The molecule has 0 aliphatic rings. The van der Waals surface area contributed by atoms with Crippen molar-refractivity contribution in [2.75, 3.05) is 0 Å². The molecule has 1 radical (unpaired) electrons. The van der Waals surface area contributed by atoms with Crippen LogP contribution in [0.2, 0.25) is 0 Å². The molecule has 0 spiro atoms. The average molecular weight is 910 g/mol. The van der Waals surface area contributed by atoms with Gasteiger partial charge in [-0.2, -0.15) is 0 Å². The van der Waals surface area contributed by atoms with E-state index in [-0.39, 0.29) is 46.5 Å². The number of hydrogen-bond acceptors (Lipinski definition) is 6. The standard InChI is InChI=1S/3C18H34O2.H2O.Ti/c3*1-2-3-4-5-6-7-8-9-10-11-12-13-14-15-16-17-18(19)20;;/h3*9-10H,2-8,11-17H2,1H3,(H,19,20);1H2;/q;;;;+3/p-3. The second-order valence-corrected chi connectivity index (χ2v) is 17.1. The molecule has 0 aliphatic carbocycles. The zero-order chi connectivity index (χ0) is 44.7. The van der Waals surface area contributed by atoms with Crippen LogP contribution < -0.4 is 15.3 Å². The molecule has 0 unspecified atom stereocenters. The van der Waals surface area contributed by atoms with Gasteiger partial charge in [-0.3, -0.25) is 0 Å². The maximum absolute atomic E-state index is 10.2. The van der Waals surface area contributed by atoms with Gasteiger partial charge in [0.1, 0.15) is 0 Å². The van der Waals surface area contributed by atoms with Crippen LogP contribution in [0.1, 0.15) is 290 Å². The molecule has 0 aromatic rings. The van der Waals surface area contributed by atoms with Gasteiger partial charge in [0.05, 0.1) is 0 Å². The van der Waals surface area contributed by atoms with Crippen LogP contribution in [0.5, 0.6) is 0 Å². The van der Waals surface area contributed by atoms with Crippen LogP contribution in [0.15, 0.2) is 36.5 Å². The minimum Gasteiger partial charge on any atom is -0.550 e. The fourth-order valence-electron chi connectivity index (χ4n) is 7.02. The molecule has 0 saturated carbocycles. The number of unbranched alkanes of at least 4 members (excludes halogenated alkanes) is 33. The Morgan fingerprint density at radius 3 is 0.581 bits per heavy atom. The molecule has 0 bridgehead atoms. The third-order valence-corrected chi connectivity index (χ3v) is 10.9. The summed E-state index contributed by atoms with van der Waals surface area (Å²) in [4.78, 5) is 30.6. The Labute approximate surface area is 399 Å². The molecule has 0 rings (SSSR count). The first-order valence-electron chi connectivity index (χ1n) is 25.9. The third kappa shape index (κ3) is 78.8. The number of rotatable bonds is 45. The molecule has 62 heavy (non-hydrogen) atoms. The first kappa shape index (κ1) is 69.3. The van der Waals surface area contributed by atoms with Gasteiger partial charge in [0.25, 0.3) is 0 Å². The molecule has 0 amide bonds. The Morgan fingerprint density at radius 2 is 0.419 bits per heavy atom. The van der Waals surface area contributed by atoms with Crippen LogP contribution in [-0.4, -0.2) is 23.4 Å². The SMILES string of the molecule is CCCCCCCCC=CCCCCCCCC(=O)[O-].CCCCCCCCC=CCCCCCCCC(=O)[O-].CCCCCCCCC=CCCCCCCCC(=O)[O-].O.[Ti+3]. The molecule has 2 N–H and O–H groups in total. The van der Waals surface area contributed by atoms with Gasteiger partial charge >= 0.3 is 21.7 Å². The Bertz CT molecular complexity index is 830. The molecular formula is C54H101O7Ti. The number of carboxylic acids is 3. The average Bonchev–Trinajstić information content (AvgIpc) is 3.22. The molecule has 0 fully saturated rings. The number of carbonyl (C=O) groups excluding carboxylic acids is 3. The molecule has 0 aliphatic heterocycles. The van der Waals surface area contributed by atoms with Crippen molar-refractivity contribution < 1.29 is 56.9 Å². The number of aliphatic carboxylic acids is 3. The molecule has 363 valence electrons. The molecule has 0 heterocycles. The van der Waals surface area contributed by atoms with E-state index < -0.39 is 17.9 Å². The molecule has 0 aromatic heterocycles. The summed E-state index contributed by atoms with van der Waals surface area (Å²) in [5.41, 5.74) is 0. The number of allylic oxidation sites excluding steroid dienone is 6. The summed E-state index contributed by atoms with van der Waals surface area (Å²) in [7, 11) is 0. The van der Waals surface area contributed by atoms with E-state index in [1.165, 1.54) is 193 Å². The van der Waals surface area contributed by atoms with Crippen molar-refractivity contribution in [2.45, 2.75) is 290 Å². The predicted octanol–water partition coefficient (Wildman–Crippen LogP) is 13.5. The molecule has 0 aromatic carbocycles. The Hall–Kier alpha value is -1.70. The van der Waals surface area contributed by atoms with Crippen molar-refractivity contribution >= 4 is 17.9 Å². The Morgan fingerprint density at radius 1 is 0.274 bits per heavy atom. The van der Waals surface area contributed by atoms with E-state index >= 15 is 0 Å². The number of carbonyl (C=O) groups is 3. The topological polar surface area (TPSA) is 152 Å². The summed E-state index contributed by atoms with van der Waals surface area (Å²) in [5.74, 6) is -2.74. The summed E-state index contributed by atoms with van der Waals surface area (Å²) in [6.45, 7) is 6.77. The van der Waals surface area contributed by atoms with Crippen molar-refractivity contribution in [3.8, 4) is 0 Å². The van der Waals surface area contributed by atoms with Crippen molar-refractivity contribution in [3.05, 3.63) is 36.5 Å². The van der Waals surface area contributed by atoms with Gasteiger partial charge in [-0.05, 0) is 116 Å². The van der Waals surface area contributed by atoms with Gasteiger partial charge < -0.3 is 35.2 Å². The minimum atomic E-state index is -0.914. The van der Waals surface area contributed by atoms with Crippen LogP contribution in [0.3, 0.4) is 0 Å². The Balaban J connectivity index is -0.000000258. The van der Waals surface area contributed by atoms with E-state index in [9.17, 15) is 29.7 Å². The largest absolute Gasteiger partial charge is 3.00 e. The minimum absolute atomic E-state index is 0. The van der Waals surface area contributed by atoms with Crippen LogP contribution >= 0.6 is 0 Å². The quantitative estimate of drug-likeness (QED) is 0.0337. The van der Waals surface area contributed by atoms with Gasteiger partial charge in [-0.1, -0.05) is 211 Å². The van der Waals surface area contributed by atoms with E-state index in [1.54, 1.807) is 0 Å². The Kier molecular flexibility index (Phi) is 73.7. The summed E-state index contributed by atoms with van der Waals surface area (Å²) < 4.78 is 0. The van der Waals surface area contributed by atoms with Crippen molar-refractivity contribution in [2.24, 2.45) is 0 Å². The number of carboxylic acid groups (broad SMARTS) is 3. The summed E-state index contributed by atoms with van der Waals surface area (Å²) in [5, 5.41) is 30.6. The normalized spacial score (nSPS) is 10.9. The van der Waals surface area contributed by atoms with Crippen LogP contribution in [0.25, 0.3) is 0 Å². The summed E-state index contributed by atoms with van der Waals surface area (Å²) >= 11 is 0. The molecule has 7 nitrogen and oxygen atoms in total.